The van der Waals surface area contributed by atoms with Crippen LogP contribution < -0.4 is 10.1 Å². The SMILES string of the molecule is COc1ccc(C2NC(=O)N(Cc3ccccc3)C(C)=C2C(=O)OCC(C)C)cc1. The molecule has 1 aliphatic heterocycles. The maximum absolute atomic E-state index is 13.0. The summed E-state index contributed by atoms with van der Waals surface area (Å²) in [4.78, 5) is 27.6. The van der Waals surface area contributed by atoms with Crippen molar-refractivity contribution in [2.24, 2.45) is 5.92 Å². The Labute approximate surface area is 177 Å². The highest BCUT2D eigenvalue weighted by molar-refractivity contribution is 5.95. The third-order valence-corrected chi connectivity index (χ3v) is 5.00. The highest BCUT2D eigenvalue weighted by Crippen LogP contribution is 2.33. The Morgan fingerprint density at radius 2 is 1.77 bits per heavy atom. The van der Waals surface area contributed by atoms with Crippen molar-refractivity contribution in [1.82, 2.24) is 10.2 Å². The second kappa shape index (κ2) is 9.48. The summed E-state index contributed by atoms with van der Waals surface area (Å²) in [6.07, 6.45) is 0. The van der Waals surface area contributed by atoms with Crippen molar-refractivity contribution in [3.8, 4) is 5.75 Å². The molecule has 2 amide bonds. The number of carbonyl (C=O) groups is 2. The number of urea groups is 1. The summed E-state index contributed by atoms with van der Waals surface area (Å²) in [5.74, 6) is 0.504. The number of amides is 2. The van der Waals surface area contributed by atoms with E-state index in [1.807, 2.05) is 68.4 Å². The fourth-order valence-corrected chi connectivity index (χ4v) is 3.37. The van der Waals surface area contributed by atoms with Crippen molar-refractivity contribution in [3.05, 3.63) is 77.0 Å². The average Bonchev–Trinajstić information content (AvgIpc) is 2.75. The third-order valence-electron chi connectivity index (χ3n) is 5.00. The molecule has 6 heteroatoms. The van der Waals surface area contributed by atoms with Gasteiger partial charge in [-0.25, -0.2) is 9.59 Å². The van der Waals surface area contributed by atoms with Crippen molar-refractivity contribution in [3.63, 3.8) is 0 Å². The molecule has 0 bridgehead atoms. The predicted octanol–water partition coefficient (Wildman–Crippen LogP) is 4.43. The zero-order chi connectivity index (χ0) is 21.7. The van der Waals surface area contributed by atoms with Gasteiger partial charge in [0.1, 0.15) is 5.75 Å². The van der Waals surface area contributed by atoms with Gasteiger partial charge in [-0.1, -0.05) is 56.3 Å². The molecule has 3 rings (SSSR count). The first-order chi connectivity index (χ1) is 14.4. The average molecular weight is 408 g/mol. The second-order valence-electron chi connectivity index (χ2n) is 7.72. The van der Waals surface area contributed by atoms with E-state index in [4.69, 9.17) is 9.47 Å². The highest BCUT2D eigenvalue weighted by atomic mass is 16.5. The number of nitrogens with zero attached hydrogens (tertiary/aromatic N) is 1. The van der Waals surface area contributed by atoms with Crippen LogP contribution >= 0.6 is 0 Å². The summed E-state index contributed by atoms with van der Waals surface area (Å²) in [6.45, 7) is 6.45. The number of allylic oxidation sites excluding steroid dienone is 1. The van der Waals surface area contributed by atoms with Crippen molar-refractivity contribution in [2.75, 3.05) is 13.7 Å². The fourth-order valence-electron chi connectivity index (χ4n) is 3.37. The lowest BCUT2D eigenvalue weighted by Gasteiger charge is -2.35. The Bertz CT molecular complexity index is 920. The molecule has 2 aromatic rings. The fraction of sp³-hybridized carbons (Fsp3) is 0.333. The molecule has 0 aromatic heterocycles. The minimum absolute atomic E-state index is 0.216. The van der Waals surface area contributed by atoms with E-state index >= 15 is 0 Å². The normalized spacial score (nSPS) is 16.5. The van der Waals surface area contributed by atoms with E-state index in [0.29, 0.717) is 30.2 Å². The van der Waals surface area contributed by atoms with E-state index in [2.05, 4.69) is 5.32 Å². The summed E-state index contributed by atoms with van der Waals surface area (Å²) in [6, 6.07) is 16.2. The number of ether oxygens (including phenoxy) is 2. The molecule has 0 aliphatic carbocycles. The quantitative estimate of drug-likeness (QED) is 0.688. The summed E-state index contributed by atoms with van der Waals surface area (Å²) >= 11 is 0. The molecule has 2 aromatic carbocycles. The Morgan fingerprint density at radius 1 is 1.10 bits per heavy atom. The number of methoxy groups -OCH3 is 1. The van der Waals surface area contributed by atoms with Crippen LogP contribution in [0.25, 0.3) is 0 Å². The number of hydrogen-bond donors (Lipinski definition) is 1. The molecular formula is C24H28N2O4. The van der Waals surface area contributed by atoms with Crippen molar-refractivity contribution in [1.29, 1.82) is 0 Å². The van der Waals surface area contributed by atoms with E-state index in [-0.39, 0.29) is 11.9 Å². The van der Waals surface area contributed by atoms with Crippen LogP contribution in [0.3, 0.4) is 0 Å². The van der Waals surface area contributed by atoms with Gasteiger partial charge >= 0.3 is 12.0 Å². The molecule has 1 heterocycles. The van der Waals surface area contributed by atoms with Gasteiger partial charge in [0.25, 0.3) is 0 Å². The van der Waals surface area contributed by atoms with E-state index in [9.17, 15) is 9.59 Å². The first-order valence-corrected chi connectivity index (χ1v) is 10.0. The van der Waals surface area contributed by atoms with Gasteiger partial charge in [0.15, 0.2) is 0 Å². The van der Waals surface area contributed by atoms with Crippen LogP contribution in [0, 0.1) is 5.92 Å². The minimum atomic E-state index is -0.588. The highest BCUT2D eigenvalue weighted by Gasteiger charge is 2.36. The number of hydrogen-bond acceptors (Lipinski definition) is 4. The summed E-state index contributed by atoms with van der Waals surface area (Å²) in [5, 5.41) is 2.98. The summed E-state index contributed by atoms with van der Waals surface area (Å²) in [7, 11) is 1.59. The van der Waals surface area contributed by atoms with Gasteiger partial charge in [0.2, 0.25) is 0 Å². The van der Waals surface area contributed by atoms with Crippen molar-refractivity contribution in [2.45, 2.75) is 33.4 Å². The van der Waals surface area contributed by atoms with Crippen molar-refractivity contribution < 1.29 is 19.1 Å². The molecule has 6 nitrogen and oxygen atoms in total. The third kappa shape index (κ3) is 4.82. The van der Waals surface area contributed by atoms with E-state index < -0.39 is 12.0 Å². The number of nitrogens with one attached hydrogen (secondary N) is 1. The van der Waals surface area contributed by atoms with Gasteiger partial charge in [-0.2, -0.15) is 0 Å². The smallest absolute Gasteiger partial charge is 0.338 e. The number of esters is 1. The summed E-state index contributed by atoms with van der Waals surface area (Å²) in [5.41, 5.74) is 2.80. The number of benzene rings is 2. The Hall–Kier alpha value is -3.28. The monoisotopic (exact) mass is 408 g/mol. The minimum Gasteiger partial charge on any atom is -0.497 e. The van der Waals surface area contributed by atoms with Crippen molar-refractivity contribution >= 4 is 12.0 Å². The van der Waals surface area contributed by atoms with E-state index in [1.165, 1.54) is 0 Å². The molecule has 30 heavy (non-hydrogen) atoms. The predicted molar refractivity (Wildman–Crippen MR) is 115 cm³/mol. The van der Waals surface area contributed by atoms with E-state index in [0.717, 1.165) is 11.1 Å². The Kier molecular flexibility index (Phi) is 6.77. The van der Waals surface area contributed by atoms with Gasteiger partial charge in [0, 0.05) is 5.70 Å². The topological polar surface area (TPSA) is 67.9 Å². The lowest BCUT2D eigenvalue weighted by atomic mass is 9.94. The summed E-state index contributed by atoms with van der Waals surface area (Å²) < 4.78 is 10.8. The first-order valence-electron chi connectivity index (χ1n) is 10.0. The maximum Gasteiger partial charge on any atom is 0.338 e. The standard InChI is InChI=1S/C24H28N2O4/c1-16(2)15-30-23(27)21-17(3)26(14-18-8-6-5-7-9-18)24(28)25-22(21)19-10-12-20(29-4)13-11-19/h5-13,16,22H,14-15H2,1-4H3,(H,25,28). The zero-order valence-corrected chi connectivity index (χ0v) is 17.8. The maximum atomic E-state index is 13.0. The molecule has 1 atom stereocenters. The molecule has 158 valence electrons. The molecule has 0 spiro atoms. The van der Waals surface area contributed by atoms with E-state index in [1.54, 1.807) is 18.9 Å². The second-order valence-corrected chi connectivity index (χ2v) is 7.72. The molecule has 1 aliphatic rings. The molecule has 1 N–H and O–H groups in total. The van der Waals surface area contributed by atoms with Gasteiger partial charge in [0.05, 0.1) is 31.9 Å². The molecule has 0 saturated carbocycles. The van der Waals surface area contributed by atoms with Gasteiger partial charge in [-0.3, -0.25) is 4.90 Å². The lowest BCUT2D eigenvalue weighted by Crippen LogP contribution is -2.47. The molecule has 1 unspecified atom stereocenters. The zero-order valence-electron chi connectivity index (χ0n) is 17.8. The van der Waals surface area contributed by atoms with Crippen LogP contribution in [0.5, 0.6) is 5.75 Å². The lowest BCUT2D eigenvalue weighted by molar-refractivity contribution is -0.140. The van der Waals surface area contributed by atoms with Crippen LogP contribution in [0.2, 0.25) is 0 Å². The molecule has 0 saturated heterocycles. The van der Waals surface area contributed by atoms with Gasteiger partial charge < -0.3 is 14.8 Å². The number of carbonyl (C=O) groups excluding carboxylic acids is 2. The Balaban J connectivity index is 1.99. The van der Waals surface area contributed by atoms with Crippen LogP contribution in [0.4, 0.5) is 4.79 Å². The molecule has 0 radical (unpaired) electrons. The largest absolute Gasteiger partial charge is 0.497 e. The van der Waals surface area contributed by atoms with Crippen LogP contribution in [-0.4, -0.2) is 30.6 Å². The van der Waals surface area contributed by atoms with Crippen LogP contribution in [0.1, 0.15) is 37.9 Å². The first kappa shape index (κ1) is 21.4. The molecule has 0 fully saturated rings. The van der Waals surface area contributed by atoms with Gasteiger partial charge in [-0.05, 0) is 36.1 Å². The number of rotatable bonds is 7. The van der Waals surface area contributed by atoms with Crippen LogP contribution in [0.15, 0.2) is 65.9 Å². The van der Waals surface area contributed by atoms with Crippen LogP contribution in [-0.2, 0) is 16.1 Å². The Morgan fingerprint density at radius 3 is 2.37 bits per heavy atom. The van der Waals surface area contributed by atoms with Gasteiger partial charge in [-0.15, -0.1) is 0 Å². The molecular weight excluding hydrogens is 380 g/mol.